The van der Waals surface area contributed by atoms with Crippen molar-refractivity contribution in [3.63, 3.8) is 0 Å². The normalized spacial score (nSPS) is 11.1. The number of nitrogens with zero attached hydrogens (tertiary/aromatic N) is 2. The van der Waals surface area contributed by atoms with Gasteiger partial charge in [0, 0.05) is 22.7 Å². The number of benzene rings is 2. The number of halogens is 1. The van der Waals surface area contributed by atoms with Gasteiger partial charge in [-0.15, -0.1) is 0 Å². The fourth-order valence-electron chi connectivity index (χ4n) is 3.01. The zero-order chi connectivity index (χ0) is 16.7. The van der Waals surface area contributed by atoms with E-state index in [-0.39, 0.29) is 5.82 Å². The Balaban J connectivity index is 1.95. The number of aryl methyl sites for hydroxylation is 2. The molecule has 0 fully saturated rings. The molecule has 0 saturated heterocycles. The molecule has 0 aliphatic carbocycles. The van der Waals surface area contributed by atoms with E-state index in [2.05, 4.69) is 33.4 Å². The molecule has 4 aromatic rings. The molecule has 118 valence electrons. The number of pyridine rings is 1. The third-order valence-electron chi connectivity index (χ3n) is 4.22. The van der Waals surface area contributed by atoms with Crippen LogP contribution in [0.2, 0.25) is 0 Å². The van der Waals surface area contributed by atoms with Crippen molar-refractivity contribution in [2.75, 3.05) is 0 Å². The number of fused-ring (bicyclic) bond motifs is 1. The smallest absolute Gasteiger partial charge is 0.123 e. The monoisotopic (exact) mass is 317 g/mol. The third-order valence-corrected chi connectivity index (χ3v) is 4.22. The predicted molar refractivity (Wildman–Crippen MR) is 94.2 cm³/mol. The van der Waals surface area contributed by atoms with Gasteiger partial charge in [0.2, 0.25) is 0 Å². The minimum absolute atomic E-state index is 0.232. The van der Waals surface area contributed by atoms with E-state index in [9.17, 15) is 4.39 Å². The van der Waals surface area contributed by atoms with Gasteiger partial charge in [-0.25, -0.2) is 4.39 Å². The second-order valence-electron chi connectivity index (χ2n) is 6.04. The van der Waals surface area contributed by atoms with E-state index in [1.807, 2.05) is 32.3 Å². The standard InChI is InChI=1S/C20H16FN3/c1-12-7-18(14-3-6-19-15(9-14)11-23-24-19)20(22-10-12)17-5-4-16(21)8-13(17)2/h3-11H,1-2H3,(H,23,24). The van der Waals surface area contributed by atoms with Gasteiger partial charge >= 0.3 is 0 Å². The Bertz CT molecular complexity index is 1050. The van der Waals surface area contributed by atoms with Crippen molar-refractivity contribution < 1.29 is 4.39 Å². The zero-order valence-corrected chi connectivity index (χ0v) is 13.5. The van der Waals surface area contributed by atoms with Gasteiger partial charge in [0.1, 0.15) is 5.82 Å². The molecule has 3 nitrogen and oxygen atoms in total. The van der Waals surface area contributed by atoms with Gasteiger partial charge in [0.05, 0.1) is 17.4 Å². The van der Waals surface area contributed by atoms with Gasteiger partial charge < -0.3 is 0 Å². The molecular formula is C20H16FN3. The Morgan fingerprint density at radius 2 is 1.79 bits per heavy atom. The largest absolute Gasteiger partial charge is 0.278 e. The average Bonchev–Trinajstić information content (AvgIpc) is 3.03. The van der Waals surface area contributed by atoms with E-state index >= 15 is 0 Å². The topological polar surface area (TPSA) is 41.6 Å². The molecule has 0 aliphatic heterocycles. The van der Waals surface area contributed by atoms with Crippen LogP contribution in [0.1, 0.15) is 11.1 Å². The van der Waals surface area contributed by atoms with E-state index in [0.29, 0.717) is 0 Å². The molecule has 2 aromatic heterocycles. The molecule has 0 unspecified atom stereocenters. The molecule has 2 aromatic carbocycles. The molecular weight excluding hydrogens is 301 g/mol. The summed E-state index contributed by atoms with van der Waals surface area (Å²) in [5.41, 5.74) is 6.86. The van der Waals surface area contributed by atoms with Crippen molar-refractivity contribution in [1.82, 2.24) is 15.2 Å². The fraction of sp³-hybridized carbons (Fsp3) is 0.100. The van der Waals surface area contributed by atoms with Crippen LogP contribution < -0.4 is 0 Å². The summed E-state index contributed by atoms with van der Waals surface area (Å²) in [6.45, 7) is 3.93. The number of hydrogen-bond acceptors (Lipinski definition) is 2. The van der Waals surface area contributed by atoms with Crippen LogP contribution in [0.3, 0.4) is 0 Å². The molecule has 24 heavy (non-hydrogen) atoms. The van der Waals surface area contributed by atoms with Crippen LogP contribution in [-0.2, 0) is 0 Å². The predicted octanol–water partition coefficient (Wildman–Crippen LogP) is 5.05. The van der Waals surface area contributed by atoms with Gasteiger partial charge in [-0.05, 0) is 66.9 Å². The summed E-state index contributed by atoms with van der Waals surface area (Å²) < 4.78 is 13.5. The minimum atomic E-state index is -0.232. The number of aromatic nitrogens is 3. The Hall–Kier alpha value is -3.01. The van der Waals surface area contributed by atoms with Crippen molar-refractivity contribution in [2.45, 2.75) is 13.8 Å². The summed E-state index contributed by atoms with van der Waals surface area (Å²) in [5.74, 6) is -0.232. The van der Waals surface area contributed by atoms with Gasteiger partial charge in [0.25, 0.3) is 0 Å². The first-order valence-electron chi connectivity index (χ1n) is 7.78. The molecule has 4 heteroatoms. The van der Waals surface area contributed by atoms with Crippen LogP contribution in [0.15, 0.2) is 54.9 Å². The maximum Gasteiger partial charge on any atom is 0.123 e. The first-order chi connectivity index (χ1) is 11.6. The Kier molecular flexibility index (Phi) is 3.38. The highest BCUT2D eigenvalue weighted by molar-refractivity contribution is 5.89. The molecule has 2 heterocycles. The van der Waals surface area contributed by atoms with Crippen molar-refractivity contribution >= 4 is 10.9 Å². The molecule has 0 bridgehead atoms. The highest BCUT2D eigenvalue weighted by atomic mass is 19.1. The van der Waals surface area contributed by atoms with E-state index in [1.165, 1.54) is 6.07 Å². The number of nitrogens with one attached hydrogen (secondary N) is 1. The van der Waals surface area contributed by atoms with E-state index in [4.69, 9.17) is 0 Å². The maximum atomic E-state index is 13.5. The number of H-pyrrole nitrogens is 1. The highest BCUT2D eigenvalue weighted by Gasteiger charge is 2.13. The van der Waals surface area contributed by atoms with E-state index in [0.717, 1.165) is 44.4 Å². The summed E-state index contributed by atoms with van der Waals surface area (Å²) in [7, 11) is 0. The quantitative estimate of drug-likeness (QED) is 0.562. The van der Waals surface area contributed by atoms with Gasteiger partial charge in [-0.2, -0.15) is 5.10 Å². The second-order valence-corrected chi connectivity index (χ2v) is 6.04. The number of aromatic amines is 1. The molecule has 0 radical (unpaired) electrons. The molecule has 0 spiro atoms. The lowest BCUT2D eigenvalue weighted by Gasteiger charge is -2.12. The van der Waals surface area contributed by atoms with E-state index in [1.54, 1.807) is 12.1 Å². The van der Waals surface area contributed by atoms with Crippen molar-refractivity contribution in [2.24, 2.45) is 0 Å². The molecule has 0 saturated carbocycles. The molecule has 0 aliphatic rings. The Labute approximate surface area is 139 Å². The summed E-state index contributed by atoms with van der Waals surface area (Å²) in [4.78, 5) is 4.64. The van der Waals surface area contributed by atoms with Crippen LogP contribution >= 0.6 is 0 Å². The molecule has 1 N–H and O–H groups in total. The van der Waals surface area contributed by atoms with Gasteiger partial charge in [-0.3, -0.25) is 10.1 Å². The second kappa shape index (κ2) is 5.57. The summed E-state index contributed by atoms with van der Waals surface area (Å²) in [6.07, 6.45) is 3.66. The first kappa shape index (κ1) is 14.6. The summed E-state index contributed by atoms with van der Waals surface area (Å²) in [6, 6.07) is 13.1. The molecule has 0 atom stereocenters. The maximum absolute atomic E-state index is 13.5. The van der Waals surface area contributed by atoms with Crippen molar-refractivity contribution in [1.29, 1.82) is 0 Å². The summed E-state index contributed by atoms with van der Waals surface area (Å²) in [5, 5.41) is 8.09. The van der Waals surface area contributed by atoms with Crippen LogP contribution in [-0.4, -0.2) is 15.2 Å². The fourth-order valence-corrected chi connectivity index (χ4v) is 3.01. The highest BCUT2D eigenvalue weighted by Crippen LogP contribution is 2.34. The third kappa shape index (κ3) is 2.46. The zero-order valence-electron chi connectivity index (χ0n) is 13.5. The van der Waals surface area contributed by atoms with Crippen LogP contribution in [0.4, 0.5) is 4.39 Å². The van der Waals surface area contributed by atoms with E-state index < -0.39 is 0 Å². The molecule has 4 rings (SSSR count). The van der Waals surface area contributed by atoms with Crippen molar-refractivity contribution in [3.8, 4) is 22.4 Å². The Morgan fingerprint density at radius 1 is 0.917 bits per heavy atom. The SMILES string of the molecule is Cc1cnc(-c2ccc(F)cc2C)c(-c2ccc3[nH]ncc3c2)c1. The summed E-state index contributed by atoms with van der Waals surface area (Å²) >= 11 is 0. The number of rotatable bonds is 2. The average molecular weight is 317 g/mol. The Morgan fingerprint density at radius 3 is 2.62 bits per heavy atom. The van der Waals surface area contributed by atoms with Crippen molar-refractivity contribution in [3.05, 3.63) is 71.8 Å². The van der Waals surface area contributed by atoms with Gasteiger partial charge in [0.15, 0.2) is 0 Å². The van der Waals surface area contributed by atoms with Gasteiger partial charge in [-0.1, -0.05) is 6.07 Å². The lowest BCUT2D eigenvalue weighted by molar-refractivity contribution is 0.627. The molecule has 0 amide bonds. The first-order valence-corrected chi connectivity index (χ1v) is 7.78. The lowest BCUT2D eigenvalue weighted by atomic mass is 9.95. The van der Waals surface area contributed by atoms with Crippen LogP contribution in [0, 0.1) is 19.7 Å². The van der Waals surface area contributed by atoms with Crippen LogP contribution in [0.25, 0.3) is 33.3 Å². The lowest BCUT2D eigenvalue weighted by Crippen LogP contribution is -1.94. The van der Waals surface area contributed by atoms with Crippen LogP contribution in [0.5, 0.6) is 0 Å². The number of hydrogen-bond donors (Lipinski definition) is 1. The minimum Gasteiger partial charge on any atom is -0.278 e.